The van der Waals surface area contributed by atoms with Crippen LogP contribution in [0.5, 0.6) is 0 Å². The first-order valence-electron chi connectivity index (χ1n) is 8.77. The van der Waals surface area contributed by atoms with E-state index in [1.165, 1.54) is 11.3 Å². The van der Waals surface area contributed by atoms with Crippen molar-refractivity contribution in [3.63, 3.8) is 0 Å². The molecule has 0 bridgehead atoms. The largest absolute Gasteiger partial charge is 0.359 e. The molecule has 1 saturated heterocycles. The van der Waals surface area contributed by atoms with Crippen LogP contribution in [0.2, 0.25) is 0 Å². The average molecular weight is 380 g/mol. The highest BCUT2D eigenvalue weighted by Gasteiger charge is 2.23. The summed E-state index contributed by atoms with van der Waals surface area (Å²) >= 11 is 1.51. The third-order valence-corrected chi connectivity index (χ3v) is 5.55. The van der Waals surface area contributed by atoms with Gasteiger partial charge in [0.25, 0.3) is 5.91 Å². The zero-order chi connectivity index (χ0) is 18.6. The van der Waals surface area contributed by atoms with Gasteiger partial charge in [0.05, 0.1) is 0 Å². The first-order chi connectivity index (χ1) is 13.2. The van der Waals surface area contributed by atoms with Gasteiger partial charge >= 0.3 is 0 Å². The Morgan fingerprint density at radius 3 is 2.30 bits per heavy atom. The fourth-order valence-corrected chi connectivity index (χ4v) is 4.00. The fourth-order valence-electron chi connectivity index (χ4n) is 2.96. The molecule has 3 aromatic rings. The molecule has 0 aromatic carbocycles. The first kappa shape index (κ1) is 17.6. The number of piperazine rings is 1. The standard InChI is InChI=1S/C19H20N6OS/c1-24-10-12-25(13-11-24)18-16(14-2-6-20-7-3-14)22-19(27-18)23-17(26)15-4-8-21-9-5-15/h2-9H,10-13H2,1H3,(H,22,23,26). The highest BCUT2D eigenvalue weighted by atomic mass is 32.1. The molecule has 4 rings (SSSR count). The second-order valence-corrected chi connectivity index (χ2v) is 7.37. The van der Waals surface area contributed by atoms with Gasteiger partial charge in [0, 0.05) is 62.1 Å². The molecule has 1 fully saturated rings. The Morgan fingerprint density at radius 2 is 1.63 bits per heavy atom. The number of nitrogens with one attached hydrogen (secondary N) is 1. The van der Waals surface area contributed by atoms with Crippen molar-refractivity contribution in [1.82, 2.24) is 19.9 Å². The van der Waals surface area contributed by atoms with Crippen LogP contribution in [0.15, 0.2) is 49.1 Å². The van der Waals surface area contributed by atoms with Crippen molar-refractivity contribution < 1.29 is 4.79 Å². The molecule has 0 atom stereocenters. The molecule has 3 aromatic heterocycles. The number of amides is 1. The van der Waals surface area contributed by atoms with Gasteiger partial charge in [-0.1, -0.05) is 11.3 Å². The number of carbonyl (C=O) groups is 1. The van der Waals surface area contributed by atoms with E-state index in [0.29, 0.717) is 10.7 Å². The van der Waals surface area contributed by atoms with Crippen LogP contribution in [0.4, 0.5) is 10.1 Å². The number of anilines is 2. The molecule has 1 aliphatic rings. The number of aromatic nitrogens is 3. The van der Waals surface area contributed by atoms with E-state index in [4.69, 9.17) is 4.98 Å². The molecule has 0 unspecified atom stereocenters. The molecule has 1 amide bonds. The number of hydrogen-bond acceptors (Lipinski definition) is 7. The summed E-state index contributed by atoms with van der Waals surface area (Å²) in [5, 5.41) is 4.60. The Bertz CT molecular complexity index is 906. The molecule has 8 heteroatoms. The van der Waals surface area contributed by atoms with Crippen LogP contribution < -0.4 is 10.2 Å². The van der Waals surface area contributed by atoms with Crippen LogP contribution in [-0.4, -0.2) is 59.0 Å². The average Bonchev–Trinajstić information content (AvgIpc) is 3.13. The molecule has 27 heavy (non-hydrogen) atoms. The third-order valence-electron chi connectivity index (χ3n) is 4.52. The van der Waals surface area contributed by atoms with Crippen molar-refractivity contribution in [3.8, 4) is 11.3 Å². The molecule has 1 aliphatic heterocycles. The highest BCUT2D eigenvalue weighted by molar-refractivity contribution is 7.20. The van der Waals surface area contributed by atoms with E-state index in [9.17, 15) is 4.79 Å². The maximum atomic E-state index is 12.5. The second-order valence-electron chi connectivity index (χ2n) is 6.39. The lowest BCUT2D eigenvalue weighted by Crippen LogP contribution is -2.44. The predicted octanol–water partition coefficient (Wildman–Crippen LogP) is 2.60. The summed E-state index contributed by atoms with van der Waals surface area (Å²) in [5.74, 6) is -0.183. The minimum atomic E-state index is -0.183. The number of carbonyl (C=O) groups excluding carboxylic acids is 1. The summed E-state index contributed by atoms with van der Waals surface area (Å²) in [6.45, 7) is 3.89. The van der Waals surface area contributed by atoms with Crippen LogP contribution in [-0.2, 0) is 0 Å². The van der Waals surface area contributed by atoms with Crippen molar-refractivity contribution in [1.29, 1.82) is 0 Å². The van der Waals surface area contributed by atoms with E-state index in [1.54, 1.807) is 36.9 Å². The van der Waals surface area contributed by atoms with Gasteiger partial charge in [-0.05, 0) is 31.3 Å². The van der Waals surface area contributed by atoms with Gasteiger partial charge in [-0.2, -0.15) is 0 Å². The number of likely N-dealkylation sites (N-methyl/N-ethyl adjacent to an activating group) is 1. The maximum Gasteiger partial charge on any atom is 0.257 e. The molecule has 0 spiro atoms. The molecule has 4 heterocycles. The molecular weight excluding hydrogens is 360 g/mol. The molecule has 1 N–H and O–H groups in total. The van der Waals surface area contributed by atoms with Gasteiger partial charge in [0.2, 0.25) is 0 Å². The molecule has 0 aliphatic carbocycles. The van der Waals surface area contributed by atoms with E-state index in [-0.39, 0.29) is 5.91 Å². The van der Waals surface area contributed by atoms with Crippen LogP contribution >= 0.6 is 11.3 Å². The monoisotopic (exact) mass is 380 g/mol. The smallest absolute Gasteiger partial charge is 0.257 e. The van der Waals surface area contributed by atoms with Crippen molar-refractivity contribution in [2.24, 2.45) is 0 Å². The first-order valence-corrected chi connectivity index (χ1v) is 9.58. The minimum Gasteiger partial charge on any atom is -0.359 e. The molecule has 0 radical (unpaired) electrons. The van der Waals surface area contributed by atoms with Crippen molar-refractivity contribution >= 4 is 27.4 Å². The second kappa shape index (κ2) is 7.81. The lowest BCUT2D eigenvalue weighted by atomic mass is 10.2. The summed E-state index contributed by atoms with van der Waals surface area (Å²) < 4.78 is 0. The summed E-state index contributed by atoms with van der Waals surface area (Å²) in [4.78, 5) is 29.9. The van der Waals surface area contributed by atoms with E-state index in [1.807, 2.05) is 12.1 Å². The van der Waals surface area contributed by atoms with Gasteiger partial charge in [-0.15, -0.1) is 0 Å². The molecule has 7 nitrogen and oxygen atoms in total. The number of hydrogen-bond donors (Lipinski definition) is 1. The van der Waals surface area contributed by atoms with Gasteiger partial charge < -0.3 is 9.80 Å². The maximum absolute atomic E-state index is 12.5. The third kappa shape index (κ3) is 3.96. The quantitative estimate of drug-likeness (QED) is 0.750. The Morgan fingerprint density at radius 1 is 1.00 bits per heavy atom. The van der Waals surface area contributed by atoms with E-state index in [2.05, 4.69) is 32.1 Å². The normalized spacial score (nSPS) is 14.9. The Kier molecular flexibility index (Phi) is 5.08. The number of nitrogens with zero attached hydrogens (tertiary/aromatic N) is 5. The van der Waals surface area contributed by atoms with Crippen LogP contribution in [0.25, 0.3) is 11.3 Å². The van der Waals surface area contributed by atoms with Gasteiger partial charge in [0.15, 0.2) is 5.13 Å². The lowest BCUT2D eigenvalue weighted by molar-refractivity contribution is 0.102. The summed E-state index contributed by atoms with van der Waals surface area (Å²) in [6.07, 6.45) is 6.74. The van der Waals surface area contributed by atoms with Gasteiger partial charge in [-0.25, -0.2) is 4.98 Å². The Balaban J connectivity index is 1.64. The zero-order valence-electron chi connectivity index (χ0n) is 15.0. The predicted molar refractivity (Wildman–Crippen MR) is 107 cm³/mol. The van der Waals surface area contributed by atoms with E-state index in [0.717, 1.165) is 42.4 Å². The Labute approximate surface area is 161 Å². The number of rotatable bonds is 4. The topological polar surface area (TPSA) is 74.2 Å². The summed E-state index contributed by atoms with van der Waals surface area (Å²) in [7, 11) is 2.13. The van der Waals surface area contributed by atoms with E-state index < -0.39 is 0 Å². The summed E-state index contributed by atoms with van der Waals surface area (Å²) in [6, 6.07) is 7.27. The number of thiazole rings is 1. The minimum absolute atomic E-state index is 0.183. The summed E-state index contributed by atoms with van der Waals surface area (Å²) in [5.41, 5.74) is 2.45. The van der Waals surface area contributed by atoms with Crippen LogP contribution in [0.1, 0.15) is 10.4 Å². The molecule has 0 saturated carbocycles. The lowest BCUT2D eigenvalue weighted by Gasteiger charge is -2.33. The molecule has 138 valence electrons. The van der Waals surface area contributed by atoms with Gasteiger partial charge in [-0.3, -0.25) is 20.1 Å². The zero-order valence-corrected chi connectivity index (χ0v) is 15.8. The highest BCUT2D eigenvalue weighted by Crippen LogP contribution is 2.39. The van der Waals surface area contributed by atoms with Crippen molar-refractivity contribution in [2.75, 3.05) is 43.4 Å². The van der Waals surface area contributed by atoms with Gasteiger partial charge in [0.1, 0.15) is 10.7 Å². The van der Waals surface area contributed by atoms with Crippen molar-refractivity contribution in [3.05, 3.63) is 54.6 Å². The fraction of sp³-hybridized carbons (Fsp3) is 0.263. The van der Waals surface area contributed by atoms with Crippen LogP contribution in [0, 0.1) is 0 Å². The van der Waals surface area contributed by atoms with Crippen molar-refractivity contribution in [2.45, 2.75) is 0 Å². The van der Waals surface area contributed by atoms with Crippen LogP contribution in [0.3, 0.4) is 0 Å². The Hall–Kier alpha value is -2.84. The van der Waals surface area contributed by atoms with E-state index >= 15 is 0 Å². The molecular formula is C19H20N6OS. The number of pyridine rings is 2. The SMILES string of the molecule is CN1CCN(c2sc(NC(=O)c3ccncc3)nc2-c2ccncc2)CC1.